The van der Waals surface area contributed by atoms with Crippen molar-refractivity contribution in [2.75, 3.05) is 24.5 Å². The van der Waals surface area contributed by atoms with Gasteiger partial charge in [0.25, 0.3) is 0 Å². The Balaban J connectivity index is 2.34. The molecule has 0 saturated carbocycles. The van der Waals surface area contributed by atoms with Gasteiger partial charge in [0.15, 0.2) is 0 Å². The van der Waals surface area contributed by atoms with Gasteiger partial charge in [-0.05, 0) is 65.6 Å². The van der Waals surface area contributed by atoms with E-state index in [4.69, 9.17) is 4.74 Å². The molecule has 1 aromatic heterocycles. The fraction of sp³-hybridized carbons (Fsp3) is 0.700. The Morgan fingerprint density at radius 1 is 1.36 bits per heavy atom. The zero-order valence-corrected chi connectivity index (χ0v) is 16.4. The summed E-state index contributed by atoms with van der Waals surface area (Å²) in [7, 11) is 0. The molecule has 5 nitrogen and oxygen atoms in total. The van der Waals surface area contributed by atoms with Gasteiger partial charge in [0.1, 0.15) is 11.4 Å². The Bertz CT molecular complexity index is 568. The van der Waals surface area contributed by atoms with E-state index in [0.29, 0.717) is 12.6 Å². The quantitative estimate of drug-likeness (QED) is 0.743. The molecule has 1 aliphatic rings. The number of amides is 1. The zero-order valence-electron chi connectivity index (χ0n) is 16.4. The maximum atomic E-state index is 12.8. The van der Waals surface area contributed by atoms with Gasteiger partial charge in [0, 0.05) is 24.3 Å². The number of carbonyl (C=O) groups is 1. The molecule has 1 aromatic rings. The molecule has 1 atom stereocenters. The van der Waals surface area contributed by atoms with Crippen LogP contribution in [0.1, 0.15) is 71.9 Å². The lowest BCUT2D eigenvalue weighted by molar-refractivity contribution is 0.0578. The Morgan fingerprint density at radius 3 is 2.76 bits per heavy atom. The lowest BCUT2D eigenvalue weighted by Gasteiger charge is -2.31. The molecule has 1 aliphatic heterocycles. The van der Waals surface area contributed by atoms with E-state index in [1.165, 1.54) is 6.42 Å². The predicted molar refractivity (Wildman–Crippen MR) is 102 cm³/mol. The first-order valence-electron chi connectivity index (χ1n) is 9.56. The number of nitrogens with zero attached hydrogens (tertiary/aromatic N) is 3. The van der Waals surface area contributed by atoms with E-state index in [-0.39, 0.29) is 6.09 Å². The van der Waals surface area contributed by atoms with Crippen LogP contribution in [0, 0.1) is 0 Å². The van der Waals surface area contributed by atoms with Crippen molar-refractivity contribution in [3.63, 3.8) is 0 Å². The van der Waals surface area contributed by atoms with Crippen molar-refractivity contribution in [3.05, 3.63) is 23.9 Å². The van der Waals surface area contributed by atoms with E-state index >= 15 is 0 Å². The molecule has 1 amide bonds. The molecule has 2 heterocycles. The minimum absolute atomic E-state index is 0.311. The monoisotopic (exact) mass is 347 g/mol. The average molecular weight is 348 g/mol. The largest absolute Gasteiger partial charge is 0.443 e. The molecular formula is C20H33N3O2. The van der Waals surface area contributed by atoms with Gasteiger partial charge in [-0.25, -0.2) is 9.78 Å². The first-order chi connectivity index (χ1) is 11.9. The van der Waals surface area contributed by atoms with Crippen LogP contribution in [0.15, 0.2) is 18.3 Å². The minimum atomic E-state index is -0.514. The third-order valence-electron chi connectivity index (χ3n) is 4.37. The SMILES string of the molecule is CCCN(C(=O)OC(C)(C)C)c1ncccc1C1CCCN1CCC. The summed E-state index contributed by atoms with van der Waals surface area (Å²) in [5.74, 6) is 0.756. The minimum Gasteiger partial charge on any atom is -0.443 e. The van der Waals surface area contributed by atoms with Gasteiger partial charge in [-0.3, -0.25) is 9.80 Å². The van der Waals surface area contributed by atoms with Crippen LogP contribution < -0.4 is 4.90 Å². The highest BCUT2D eigenvalue weighted by molar-refractivity contribution is 5.87. The number of hydrogen-bond donors (Lipinski definition) is 0. The molecule has 140 valence electrons. The highest BCUT2D eigenvalue weighted by atomic mass is 16.6. The summed E-state index contributed by atoms with van der Waals surface area (Å²) in [6.45, 7) is 12.8. The Labute approximate surface area is 152 Å². The van der Waals surface area contributed by atoms with Crippen LogP contribution in [0.5, 0.6) is 0 Å². The third kappa shape index (κ3) is 5.18. The first kappa shape index (κ1) is 19.7. The van der Waals surface area contributed by atoms with Crippen LogP contribution in [0.2, 0.25) is 0 Å². The maximum Gasteiger partial charge on any atom is 0.416 e. The number of likely N-dealkylation sites (tertiary alicyclic amines) is 1. The van der Waals surface area contributed by atoms with Gasteiger partial charge < -0.3 is 4.74 Å². The number of rotatable bonds is 6. The Morgan fingerprint density at radius 2 is 2.12 bits per heavy atom. The molecule has 0 N–H and O–H groups in total. The molecule has 5 heteroatoms. The topological polar surface area (TPSA) is 45.7 Å². The molecular weight excluding hydrogens is 314 g/mol. The van der Waals surface area contributed by atoms with E-state index in [9.17, 15) is 4.79 Å². The first-order valence-corrected chi connectivity index (χ1v) is 9.56. The average Bonchev–Trinajstić information content (AvgIpc) is 2.99. The normalized spacial score (nSPS) is 18.4. The van der Waals surface area contributed by atoms with Crippen LogP contribution in [0.3, 0.4) is 0 Å². The molecule has 1 fully saturated rings. The Kier molecular flexibility index (Phi) is 6.82. The predicted octanol–water partition coefficient (Wildman–Crippen LogP) is 4.78. The molecule has 2 rings (SSSR count). The van der Waals surface area contributed by atoms with Crippen LogP contribution >= 0.6 is 0 Å². The number of carbonyl (C=O) groups excluding carboxylic acids is 1. The smallest absolute Gasteiger partial charge is 0.416 e. The number of ether oxygens (including phenoxy) is 1. The van der Waals surface area contributed by atoms with Crippen LogP contribution in [-0.4, -0.2) is 41.2 Å². The molecule has 1 saturated heterocycles. The fourth-order valence-corrected chi connectivity index (χ4v) is 3.45. The van der Waals surface area contributed by atoms with Crippen LogP contribution in [0.4, 0.5) is 10.6 Å². The maximum absolute atomic E-state index is 12.8. The zero-order chi connectivity index (χ0) is 18.4. The molecule has 0 bridgehead atoms. The highest BCUT2D eigenvalue weighted by Crippen LogP contribution is 2.36. The summed E-state index contributed by atoms with van der Waals surface area (Å²) in [4.78, 5) is 21.6. The number of pyridine rings is 1. The van der Waals surface area contributed by atoms with Gasteiger partial charge in [-0.15, -0.1) is 0 Å². The molecule has 1 unspecified atom stereocenters. The van der Waals surface area contributed by atoms with Gasteiger partial charge in [-0.1, -0.05) is 19.9 Å². The fourth-order valence-electron chi connectivity index (χ4n) is 3.45. The van der Waals surface area contributed by atoms with Gasteiger partial charge in [0.2, 0.25) is 0 Å². The summed E-state index contributed by atoms with van der Waals surface area (Å²) >= 11 is 0. The lowest BCUT2D eigenvalue weighted by Crippen LogP contribution is -2.39. The second kappa shape index (κ2) is 8.65. The van der Waals surface area contributed by atoms with Crippen molar-refractivity contribution in [2.45, 2.75) is 71.9 Å². The molecule has 0 aliphatic carbocycles. The number of anilines is 1. The lowest BCUT2D eigenvalue weighted by atomic mass is 10.0. The van der Waals surface area contributed by atoms with E-state index in [2.05, 4.69) is 29.8 Å². The number of hydrogen-bond acceptors (Lipinski definition) is 4. The Hall–Kier alpha value is -1.62. The molecule has 0 radical (unpaired) electrons. The van der Waals surface area contributed by atoms with E-state index in [1.54, 1.807) is 11.1 Å². The van der Waals surface area contributed by atoms with E-state index in [1.807, 2.05) is 26.8 Å². The second-order valence-corrected chi connectivity index (χ2v) is 7.74. The van der Waals surface area contributed by atoms with Crippen molar-refractivity contribution < 1.29 is 9.53 Å². The summed E-state index contributed by atoms with van der Waals surface area (Å²) in [5.41, 5.74) is 0.632. The molecule has 0 aromatic carbocycles. The van der Waals surface area contributed by atoms with Crippen molar-refractivity contribution >= 4 is 11.9 Å². The van der Waals surface area contributed by atoms with E-state index < -0.39 is 5.60 Å². The summed E-state index contributed by atoms with van der Waals surface area (Å²) in [6.07, 6.45) is 5.77. The summed E-state index contributed by atoms with van der Waals surface area (Å²) in [6, 6.07) is 4.43. The molecule has 0 spiro atoms. The van der Waals surface area contributed by atoms with Crippen molar-refractivity contribution in [1.82, 2.24) is 9.88 Å². The number of aromatic nitrogens is 1. The third-order valence-corrected chi connectivity index (χ3v) is 4.37. The molecule has 25 heavy (non-hydrogen) atoms. The van der Waals surface area contributed by atoms with Crippen LogP contribution in [0.25, 0.3) is 0 Å². The van der Waals surface area contributed by atoms with Gasteiger partial charge in [-0.2, -0.15) is 0 Å². The highest BCUT2D eigenvalue weighted by Gasteiger charge is 2.31. The second-order valence-electron chi connectivity index (χ2n) is 7.74. The standard InChI is InChI=1S/C20H33N3O2/c1-6-13-22-15-9-11-17(22)16-10-8-12-21-18(16)23(14-7-2)19(24)25-20(3,4)5/h8,10,12,17H,6-7,9,11,13-15H2,1-5H3. The van der Waals surface area contributed by atoms with Crippen molar-refractivity contribution in [1.29, 1.82) is 0 Å². The van der Waals surface area contributed by atoms with Crippen molar-refractivity contribution in [3.8, 4) is 0 Å². The summed E-state index contributed by atoms with van der Waals surface area (Å²) < 4.78 is 5.63. The summed E-state index contributed by atoms with van der Waals surface area (Å²) in [5, 5.41) is 0. The van der Waals surface area contributed by atoms with E-state index in [0.717, 1.165) is 43.7 Å². The van der Waals surface area contributed by atoms with Crippen molar-refractivity contribution in [2.24, 2.45) is 0 Å². The van der Waals surface area contributed by atoms with Gasteiger partial charge in [0.05, 0.1) is 0 Å². The van der Waals surface area contributed by atoms with Crippen LogP contribution in [-0.2, 0) is 4.74 Å². The van der Waals surface area contributed by atoms with Gasteiger partial charge >= 0.3 is 6.09 Å².